The summed E-state index contributed by atoms with van der Waals surface area (Å²) in [5.74, 6) is -0.222. The van der Waals surface area contributed by atoms with Crippen LogP contribution in [-0.4, -0.2) is 28.3 Å². The second-order valence-corrected chi connectivity index (χ2v) is 10.0. The minimum absolute atomic E-state index is 0.0613. The third-order valence-electron chi connectivity index (χ3n) is 5.48. The number of hydrogen-bond acceptors (Lipinski definition) is 2. The summed E-state index contributed by atoms with van der Waals surface area (Å²) in [6.07, 6.45) is 1.36. The van der Waals surface area contributed by atoms with Gasteiger partial charge in [0.15, 0.2) is 0 Å². The number of aryl methyl sites for hydroxylation is 1. The molecule has 1 unspecified atom stereocenters. The minimum Gasteiger partial charge on any atom is -0.350 e. The maximum atomic E-state index is 13.6. The zero-order valence-electron chi connectivity index (χ0n) is 20.1. The van der Waals surface area contributed by atoms with Crippen molar-refractivity contribution < 1.29 is 9.59 Å². The molecule has 0 radical (unpaired) electrons. The van der Waals surface area contributed by atoms with E-state index in [2.05, 4.69) is 5.32 Å². The van der Waals surface area contributed by atoms with Crippen molar-refractivity contribution in [3.63, 3.8) is 0 Å². The third kappa shape index (κ3) is 8.03. The predicted molar refractivity (Wildman–Crippen MR) is 139 cm³/mol. The molecule has 5 heteroatoms. The Labute approximate surface area is 207 Å². The molecule has 0 spiro atoms. The molecule has 3 aromatic carbocycles. The van der Waals surface area contributed by atoms with Crippen molar-refractivity contribution >= 4 is 23.4 Å². The molecule has 3 rings (SSSR count). The van der Waals surface area contributed by atoms with Gasteiger partial charge in [-0.15, -0.1) is 0 Å². The summed E-state index contributed by atoms with van der Waals surface area (Å²) in [5, 5.41) is 3.69. The summed E-state index contributed by atoms with van der Waals surface area (Å²) in [7, 11) is 0. The van der Waals surface area contributed by atoms with Crippen molar-refractivity contribution in [3.8, 4) is 0 Å². The summed E-state index contributed by atoms with van der Waals surface area (Å²) < 4.78 is 0. The average molecular weight is 477 g/mol. The Kier molecular flexibility index (Phi) is 8.89. The Hall–Kier alpha value is -3.11. The third-order valence-corrected chi connectivity index (χ3v) is 5.72. The molecule has 3 aromatic rings. The molecule has 0 saturated carbocycles. The van der Waals surface area contributed by atoms with E-state index in [1.807, 2.05) is 99.6 Å². The first-order chi connectivity index (χ1) is 16.2. The van der Waals surface area contributed by atoms with Gasteiger partial charge in [-0.2, -0.15) is 0 Å². The molecule has 178 valence electrons. The van der Waals surface area contributed by atoms with Crippen LogP contribution >= 0.6 is 11.6 Å². The number of halogens is 1. The monoisotopic (exact) mass is 476 g/mol. The maximum Gasteiger partial charge on any atom is 0.243 e. The van der Waals surface area contributed by atoms with Crippen LogP contribution in [0.15, 0.2) is 84.9 Å². The number of carbonyl (C=O) groups is 2. The minimum atomic E-state index is -0.649. The molecule has 0 saturated heterocycles. The summed E-state index contributed by atoms with van der Waals surface area (Å²) in [6, 6.07) is 26.6. The lowest BCUT2D eigenvalue weighted by molar-refractivity contribution is -0.141. The van der Waals surface area contributed by atoms with Gasteiger partial charge in [-0.25, -0.2) is 0 Å². The van der Waals surface area contributed by atoms with Crippen molar-refractivity contribution in [2.45, 2.75) is 58.2 Å². The fourth-order valence-corrected chi connectivity index (χ4v) is 4.09. The Morgan fingerprint density at radius 1 is 0.853 bits per heavy atom. The highest BCUT2D eigenvalue weighted by Gasteiger charge is 2.32. The number of hydrogen-bond donors (Lipinski definition) is 1. The molecule has 0 aliphatic rings. The molecule has 0 aliphatic heterocycles. The van der Waals surface area contributed by atoms with E-state index in [0.29, 0.717) is 30.8 Å². The van der Waals surface area contributed by atoms with Crippen LogP contribution in [0.1, 0.15) is 43.9 Å². The van der Waals surface area contributed by atoms with Crippen molar-refractivity contribution in [2.24, 2.45) is 0 Å². The lowest BCUT2D eigenvalue weighted by Crippen LogP contribution is -2.54. The summed E-state index contributed by atoms with van der Waals surface area (Å²) in [6.45, 7) is 6.15. The highest BCUT2D eigenvalue weighted by atomic mass is 35.5. The zero-order chi connectivity index (χ0) is 24.6. The van der Waals surface area contributed by atoms with E-state index < -0.39 is 11.6 Å². The Bertz CT molecular complexity index is 1080. The zero-order valence-corrected chi connectivity index (χ0v) is 20.9. The van der Waals surface area contributed by atoms with Crippen molar-refractivity contribution in [2.75, 3.05) is 0 Å². The normalized spacial score (nSPS) is 12.1. The van der Waals surface area contributed by atoms with Crippen molar-refractivity contribution in [3.05, 3.63) is 107 Å². The first kappa shape index (κ1) is 25.5. The van der Waals surface area contributed by atoms with Crippen LogP contribution in [0.2, 0.25) is 5.02 Å². The smallest absolute Gasteiger partial charge is 0.243 e. The fraction of sp³-hybridized carbons (Fsp3) is 0.310. The van der Waals surface area contributed by atoms with Crippen molar-refractivity contribution in [1.29, 1.82) is 0 Å². The van der Waals surface area contributed by atoms with E-state index in [1.165, 1.54) is 0 Å². The predicted octanol–water partition coefficient (Wildman–Crippen LogP) is 5.83. The van der Waals surface area contributed by atoms with Gasteiger partial charge in [0, 0.05) is 29.9 Å². The van der Waals surface area contributed by atoms with E-state index in [9.17, 15) is 9.59 Å². The van der Waals surface area contributed by atoms with E-state index in [1.54, 1.807) is 11.0 Å². The highest BCUT2D eigenvalue weighted by molar-refractivity contribution is 6.30. The molecule has 0 aromatic heterocycles. The van der Waals surface area contributed by atoms with E-state index in [4.69, 9.17) is 11.6 Å². The molecule has 0 fully saturated rings. The van der Waals surface area contributed by atoms with Gasteiger partial charge in [0.1, 0.15) is 6.04 Å². The van der Waals surface area contributed by atoms with Gasteiger partial charge in [-0.1, -0.05) is 84.4 Å². The van der Waals surface area contributed by atoms with Crippen LogP contribution < -0.4 is 5.32 Å². The van der Waals surface area contributed by atoms with Gasteiger partial charge in [0.05, 0.1) is 0 Å². The van der Waals surface area contributed by atoms with Gasteiger partial charge >= 0.3 is 0 Å². The molecule has 0 heterocycles. The number of rotatable bonds is 9. The van der Waals surface area contributed by atoms with Crippen molar-refractivity contribution in [1.82, 2.24) is 10.2 Å². The summed E-state index contributed by atoms with van der Waals surface area (Å²) in [4.78, 5) is 28.8. The average Bonchev–Trinajstić information content (AvgIpc) is 2.80. The van der Waals surface area contributed by atoms with Gasteiger partial charge in [-0.3, -0.25) is 9.59 Å². The number of benzene rings is 3. The number of carbonyl (C=O) groups excluding carboxylic acids is 2. The van der Waals surface area contributed by atoms with Crippen LogP contribution in [-0.2, 0) is 29.0 Å². The quantitative estimate of drug-likeness (QED) is 0.422. The second-order valence-electron chi connectivity index (χ2n) is 9.58. The summed E-state index contributed by atoms with van der Waals surface area (Å²) in [5.41, 5.74) is 2.57. The largest absolute Gasteiger partial charge is 0.350 e. The van der Waals surface area contributed by atoms with Gasteiger partial charge in [0.25, 0.3) is 0 Å². The molecule has 34 heavy (non-hydrogen) atoms. The Morgan fingerprint density at radius 3 is 2.03 bits per heavy atom. The van der Waals surface area contributed by atoms with Crippen LogP contribution in [0.3, 0.4) is 0 Å². The van der Waals surface area contributed by atoms with E-state index in [0.717, 1.165) is 16.7 Å². The van der Waals surface area contributed by atoms with Crippen LogP contribution in [0, 0.1) is 0 Å². The molecule has 0 bridgehead atoms. The standard InChI is InChI=1S/C29H33ClN2O2/c1-29(2,3)31-28(34)26(20-23-13-8-5-9-14-23)32(21-24-15-10-16-25(30)19-24)27(33)18-17-22-11-6-4-7-12-22/h4-16,19,26H,17-18,20-21H2,1-3H3,(H,31,34). The molecule has 1 N–H and O–H groups in total. The van der Waals surface area contributed by atoms with Gasteiger partial charge in [0.2, 0.25) is 11.8 Å². The summed E-state index contributed by atoms with van der Waals surface area (Å²) >= 11 is 6.23. The number of nitrogens with one attached hydrogen (secondary N) is 1. The number of amides is 2. The van der Waals surface area contributed by atoms with Gasteiger partial charge < -0.3 is 10.2 Å². The second kappa shape index (κ2) is 11.8. The first-order valence-corrected chi connectivity index (χ1v) is 12.0. The lowest BCUT2D eigenvalue weighted by Gasteiger charge is -2.34. The fourth-order valence-electron chi connectivity index (χ4n) is 3.88. The molecule has 1 atom stereocenters. The van der Waals surface area contributed by atoms with E-state index in [-0.39, 0.29) is 11.8 Å². The van der Waals surface area contributed by atoms with Crippen LogP contribution in [0.25, 0.3) is 0 Å². The molecular weight excluding hydrogens is 444 g/mol. The van der Waals surface area contributed by atoms with E-state index >= 15 is 0 Å². The van der Waals surface area contributed by atoms with Gasteiger partial charge in [-0.05, 0) is 56.0 Å². The number of nitrogens with zero attached hydrogens (tertiary/aromatic N) is 1. The topological polar surface area (TPSA) is 49.4 Å². The molecule has 4 nitrogen and oxygen atoms in total. The Morgan fingerprint density at radius 2 is 1.44 bits per heavy atom. The highest BCUT2D eigenvalue weighted by Crippen LogP contribution is 2.19. The first-order valence-electron chi connectivity index (χ1n) is 11.6. The maximum absolute atomic E-state index is 13.6. The Balaban J connectivity index is 1.92. The molecule has 0 aliphatic carbocycles. The van der Waals surface area contributed by atoms with Crippen LogP contribution in [0.5, 0.6) is 0 Å². The lowest BCUT2D eigenvalue weighted by atomic mass is 10.00. The van der Waals surface area contributed by atoms with Crippen LogP contribution in [0.4, 0.5) is 0 Å². The molecule has 2 amide bonds. The molecular formula is C29H33ClN2O2. The SMILES string of the molecule is CC(C)(C)NC(=O)C(Cc1ccccc1)N(Cc1cccc(Cl)c1)C(=O)CCc1ccccc1.